The van der Waals surface area contributed by atoms with E-state index in [2.05, 4.69) is 4.90 Å². The highest BCUT2D eigenvalue weighted by atomic mass is 35.5. The van der Waals surface area contributed by atoms with Crippen LogP contribution in [0.1, 0.15) is 26.3 Å². The van der Waals surface area contributed by atoms with Gasteiger partial charge in [0.15, 0.2) is 0 Å². The van der Waals surface area contributed by atoms with Crippen molar-refractivity contribution >= 4 is 23.4 Å². The highest BCUT2D eigenvalue weighted by Crippen LogP contribution is 2.23. The van der Waals surface area contributed by atoms with Crippen molar-refractivity contribution in [3.63, 3.8) is 0 Å². The topological polar surface area (TPSA) is 75.9 Å². The summed E-state index contributed by atoms with van der Waals surface area (Å²) in [6.45, 7) is 3.90. The van der Waals surface area contributed by atoms with Crippen LogP contribution >= 0.6 is 11.6 Å². The second-order valence-electron chi connectivity index (χ2n) is 7.71. The van der Waals surface area contributed by atoms with Gasteiger partial charge < -0.3 is 15.4 Å². The highest BCUT2D eigenvalue weighted by molar-refractivity contribution is 6.30. The summed E-state index contributed by atoms with van der Waals surface area (Å²) in [6, 6.07) is 21.6. The van der Waals surface area contributed by atoms with Crippen LogP contribution in [0, 0.1) is 0 Å². The Morgan fingerprint density at radius 3 is 1.84 bits per heavy atom. The van der Waals surface area contributed by atoms with Gasteiger partial charge in [-0.25, -0.2) is 0 Å². The first kappa shape index (κ1) is 21.9. The minimum absolute atomic E-state index is 0.0218. The summed E-state index contributed by atoms with van der Waals surface area (Å²) >= 11 is 5.95. The smallest absolute Gasteiger partial charge is 0.253 e. The second-order valence-corrected chi connectivity index (χ2v) is 8.15. The standard InChI is InChI=1S/C25H24ClN3O3/c26-21-7-1-18(2-8-21)17-28-13-15-29(16-14-28)25(31)20-5-11-23(12-6-20)32-22-9-3-19(4-10-22)24(27)30/h1-12H,13-17H2,(H2,27,30). The van der Waals surface area contributed by atoms with Crippen LogP contribution in [0.5, 0.6) is 11.5 Å². The molecule has 1 aliphatic heterocycles. The quantitative estimate of drug-likeness (QED) is 0.612. The molecule has 7 heteroatoms. The van der Waals surface area contributed by atoms with Gasteiger partial charge in [0.25, 0.3) is 5.91 Å². The third-order valence-electron chi connectivity index (χ3n) is 5.45. The van der Waals surface area contributed by atoms with Crippen LogP contribution in [0.4, 0.5) is 0 Å². The van der Waals surface area contributed by atoms with Crippen molar-refractivity contribution in [3.8, 4) is 11.5 Å². The molecule has 1 aliphatic rings. The van der Waals surface area contributed by atoms with Gasteiger partial charge in [-0.15, -0.1) is 0 Å². The van der Waals surface area contributed by atoms with Crippen molar-refractivity contribution in [2.45, 2.75) is 6.54 Å². The number of hydrogen-bond donors (Lipinski definition) is 1. The van der Waals surface area contributed by atoms with E-state index in [0.29, 0.717) is 35.7 Å². The molecule has 0 spiro atoms. The SMILES string of the molecule is NC(=O)c1ccc(Oc2ccc(C(=O)N3CCN(Cc4ccc(Cl)cc4)CC3)cc2)cc1. The number of rotatable bonds is 6. The molecule has 164 valence electrons. The van der Waals surface area contributed by atoms with Crippen molar-refractivity contribution in [2.24, 2.45) is 5.73 Å². The lowest BCUT2D eigenvalue weighted by molar-refractivity contribution is 0.0628. The van der Waals surface area contributed by atoms with Gasteiger partial charge in [-0.3, -0.25) is 14.5 Å². The number of primary amides is 1. The van der Waals surface area contributed by atoms with Gasteiger partial charge in [0, 0.05) is 48.9 Å². The van der Waals surface area contributed by atoms with Crippen molar-refractivity contribution in [1.29, 1.82) is 0 Å². The largest absolute Gasteiger partial charge is 0.457 e. The van der Waals surface area contributed by atoms with Gasteiger partial charge in [0.2, 0.25) is 5.91 Å². The number of ether oxygens (including phenoxy) is 1. The molecular weight excluding hydrogens is 426 g/mol. The summed E-state index contributed by atoms with van der Waals surface area (Å²) in [5, 5.41) is 0.738. The lowest BCUT2D eigenvalue weighted by atomic mass is 10.1. The van der Waals surface area contributed by atoms with Gasteiger partial charge >= 0.3 is 0 Å². The lowest BCUT2D eigenvalue weighted by Gasteiger charge is -2.34. The molecule has 1 saturated heterocycles. The predicted molar refractivity (Wildman–Crippen MR) is 124 cm³/mol. The predicted octanol–water partition coefficient (Wildman–Crippen LogP) is 4.19. The lowest BCUT2D eigenvalue weighted by Crippen LogP contribution is -2.48. The summed E-state index contributed by atoms with van der Waals surface area (Å²) in [5.41, 5.74) is 7.52. The first-order chi connectivity index (χ1) is 15.5. The van der Waals surface area contributed by atoms with Gasteiger partial charge in [-0.2, -0.15) is 0 Å². The number of carbonyl (C=O) groups is 2. The monoisotopic (exact) mass is 449 g/mol. The molecule has 2 amide bonds. The van der Waals surface area contributed by atoms with E-state index in [1.54, 1.807) is 48.5 Å². The van der Waals surface area contributed by atoms with E-state index in [0.717, 1.165) is 24.7 Å². The van der Waals surface area contributed by atoms with Crippen LogP contribution in [0.25, 0.3) is 0 Å². The van der Waals surface area contributed by atoms with E-state index >= 15 is 0 Å². The number of nitrogens with two attached hydrogens (primary N) is 1. The Morgan fingerprint density at radius 2 is 1.31 bits per heavy atom. The van der Waals surface area contributed by atoms with Crippen LogP contribution < -0.4 is 10.5 Å². The average molecular weight is 450 g/mol. The normalized spacial score (nSPS) is 14.2. The molecule has 0 bridgehead atoms. The number of piperazine rings is 1. The maximum absolute atomic E-state index is 12.9. The fraction of sp³-hybridized carbons (Fsp3) is 0.200. The maximum Gasteiger partial charge on any atom is 0.253 e. The average Bonchev–Trinajstić information content (AvgIpc) is 2.81. The molecule has 3 aromatic carbocycles. The summed E-state index contributed by atoms with van der Waals surface area (Å²) in [6.07, 6.45) is 0. The molecule has 2 N–H and O–H groups in total. The van der Waals surface area contributed by atoms with Crippen molar-refractivity contribution in [2.75, 3.05) is 26.2 Å². The Hall–Kier alpha value is -3.35. The molecule has 3 aromatic rings. The Labute approximate surface area is 192 Å². The van der Waals surface area contributed by atoms with Gasteiger partial charge in [0.05, 0.1) is 0 Å². The minimum atomic E-state index is -0.481. The van der Waals surface area contributed by atoms with Crippen LogP contribution in [-0.4, -0.2) is 47.8 Å². The van der Waals surface area contributed by atoms with Crippen LogP contribution in [0.3, 0.4) is 0 Å². The zero-order valence-corrected chi connectivity index (χ0v) is 18.3. The van der Waals surface area contributed by atoms with Crippen molar-refractivity contribution < 1.29 is 14.3 Å². The second kappa shape index (κ2) is 9.85. The highest BCUT2D eigenvalue weighted by Gasteiger charge is 2.22. The molecule has 1 heterocycles. The molecule has 0 atom stereocenters. The molecule has 0 aromatic heterocycles. The summed E-state index contributed by atoms with van der Waals surface area (Å²) < 4.78 is 5.78. The maximum atomic E-state index is 12.9. The van der Waals surface area contributed by atoms with Crippen LogP contribution in [0.15, 0.2) is 72.8 Å². The number of nitrogens with zero attached hydrogens (tertiary/aromatic N) is 2. The third kappa shape index (κ3) is 5.46. The summed E-state index contributed by atoms with van der Waals surface area (Å²) in [5.74, 6) is 0.741. The Kier molecular flexibility index (Phi) is 6.73. The van der Waals surface area contributed by atoms with Gasteiger partial charge in [-0.05, 0) is 66.2 Å². The Balaban J connectivity index is 1.30. The fourth-order valence-electron chi connectivity index (χ4n) is 3.63. The summed E-state index contributed by atoms with van der Waals surface area (Å²) in [4.78, 5) is 28.3. The van der Waals surface area contributed by atoms with Crippen molar-refractivity contribution in [1.82, 2.24) is 9.80 Å². The molecule has 0 saturated carbocycles. The Bertz CT molecular complexity index is 1070. The fourth-order valence-corrected chi connectivity index (χ4v) is 3.75. The minimum Gasteiger partial charge on any atom is -0.457 e. The summed E-state index contributed by atoms with van der Waals surface area (Å²) in [7, 11) is 0. The zero-order chi connectivity index (χ0) is 22.5. The molecule has 6 nitrogen and oxygen atoms in total. The molecule has 0 unspecified atom stereocenters. The molecule has 0 radical (unpaired) electrons. The van der Waals surface area contributed by atoms with E-state index in [1.807, 2.05) is 29.2 Å². The molecule has 0 aliphatic carbocycles. The first-order valence-electron chi connectivity index (χ1n) is 10.4. The molecule has 32 heavy (non-hydrogen) atoms. The van der Waals surface area contributed by atoms with Gasteiger partial charge in [-0.1, -0.05) is 23.7 Å². The number of amides is 2. The van der Waals surface area contributed by atoms with Crippen LogP contribution in [-0.2, 0) is 6.54 Å². The molecule has 1 fully saturated rings. The first-order valence-corrected chi connectivity index (χ1v) is 10.8. The number of hydrogen-bond acceptors (Lipinski definition) is 4. The third-order valence-corrected chi connectivity index (χ3v) is 5.71. The Morgan fingerprint density at radius 1 is 0.781 bits per heavy atom. The zero-order valence-electron chi connectivity index (χ0n) is 17.5. The van der Waals surface area contributed by atoms with E-state index in [-0.39, 0.29) is 5.91 Å². The van der Waals surface area contributed by atoms with Gasteiger partial charge in [0.1, 0.15) is 11.5 Å². The van der Waals surface area contributed by atoms with E-state index in [1.165, 1.54) is 5.56 Å². The van der Waals surface area contributed by atoms with E-state index in [9.17, 15) is 9.59 Å². The molecular formula is C25H24ClN3O3. The van der Waals surface area contributed by atoms with Crippen molar-refractivity contribution in [3.05, 3.63) is 94.5 Å². The van der Waals surface area contributed by atoms with Crippen LogP contribution in [0.2, 0.25) is 5.02 Å². The van der Waals surface area contributed by atoms with E-state index in [4.69, 9.17) is 22.1 Å². The molecule has 4 rings (SSSR count). The van der Waals surface area contributed by atoms with E-state index < -0.39 is 5.91 Å². The number of carbonyl (C=O) groups excluding carboxylic acids is 2. The number of halogens is 1. The number of benzene rings is 3.